The summed E-state index contributed by atoms with van der Waals surface area (Å²) < 4.78 is 2.09. The van der Waals surface area contributed by atoms with E-state index in [9.17, 15) is 14.4 Å². The predicted octanol–water partition coefficient (Wildman–Crippen LogP) is 8.46. The Bertz CT molecular complexity index is 2270. The first-order chi connectivity index (χ1) is 22.6. The molecule has 1 heterocycles. The van der Waals surface area contributed by atoms with E-state index < -0.39 is 5.97 Å². The largest absolute Gasteiger partial charge is 0.365 e. The first-order valence-corrected chi connectivity index (χ1v) is 14.8. The number of rotatable bonds is 8. The van der Waals surface area contributed by atoms with Gasteiger partial charge in [-0.3, -0.25) is 9.59 Å². The smallest absolute Gasteiger partial charge is 0.312 e. The van der Waals surface area contributed by atoms with E-state index in [2.05, 4.69) is 9.72 Å². The summed E-state index contributed by atoms with van der Waals surface area (Å²) in [6.07, 6.45) is 0. The van der Waals surface area contributed by atoms with Crippen LogP contribution < -0.4 is 0 Å². The van der Waals surface area contributed by atoms with Gasteiger partial charge in [0, 0.05) is 38.7 Å². The fourth-order valence-corrected chi connectivity index (χ4v) is 5.61. The minimum atomic E-state index is -0.659. The number of fused-ring (bicyclic) bond motifs is 3. The summed E-state index contributed by atoms with van der Waals surface area (Å²) >= 11 is 0. The van der Waals surface area contributed by atoms with Crippen molar-refractivity contribution in [2.24, 2.45) is 5.16 Å². The molecular weight excluding hydrogens is 572 g/mol. The number of benzene rings is 6. The van der Waals surface area contributed by atoms with Gasteiger partial charge in [-0.05, 0) is 48.5 Å². The molecule has 0 unspecified atom stereocenters. The van der Waals surface area contributed by atoms with E-state index >= 15 is 0 Å². The Morgan fingerprint density at radius 1 is 0.478 bits per heavy atom. The molecule has 6 heteroatoms. The zero-order valence-electron chi connectivity index (χ0n) is 24.5. The van der Waals surface area contributed by atoms with Crippen LogP contribution in [-0.2, 0) is 4.84 Å². The summed E-state index contributed by atoms with van der Waals surface area (Å²) in [4.78, 5) is 45.3. The minimum Gasteiger partial charge on any atom is -0.312 e. The lowest BCUT2D eigenvalue weighted by atomic mass is 9.99. The third-order valence-electron chi connectivity index (χ3n) is 7.83. The number of nitrogens with zero attached hydrogens (tertiary/aromatic N) is 2. The van der Waals surface area contributed by atoms with Crippen LogP contribution in [0.3, 0.4) is 0 Å². The van der Waals surface area contributed by atoms with Crippen LogP contribution >= 0.6 is 0 Å². The molecule has 0 N–H and O–H groups in total. The van der Waals surface area contributed by atoms with Gasteiger partial charge in [-0.25, -0.2) is 4.79 Å². The lowest BCUT2D eigenvalue weighted by Gasteiger charge is -2.10. The van der Waals surface area contributed by atoms with Crippen molar-refractivity contribution in [3.63, 3.8) is 0 Å². The predicted molar refractivity (Wildman–Crippen MR) is 180 cm³/mol. The Kier molecular flexibility index (Phi) is 7.59. The minimum absolute atomic E-state index is 0.0140. The molecule has 0 spiro atoms. The van der Waals surface area contributed by atoms with E-state index in [1.54, 1.807) is 60.7 Å². The molecule has 0 radical (unpaired) electrons. The maximum Gasteiger partial charge on any atom is 0.365 e. The molecule has 6 nitrogen and oxygen atoms in total. The van der Waals surface area contributed by atoms with Gasteiger partial charge in [0.15, 0.2) is 11.5 Å². The number of para-hydroxylation sites is 1. The second-order valence-corrected chi connectivity index (χ2v) is 10.7. The number of aromatic nitrogens is 1. The summed E-state index contributed by atoms with van der Waals surface area (Å²) in [5.41, 5.74) is 5.08. The molecule has 0 amide bonds. The van der Waals surface area contributed by atoms with Crippen molar-refractivity contribution in [3.05, 3.63) is 186 Å². The van der Waals surface area contributed by atoms with Crippen molar-refractivity contribution in [3.8, 4) is 5.69 Å². The van der Waals surface area contributed by atoms with Gasteiger partial charge in [0.05, 0.1) is 16.6 Å². The molecule has 0 fully saturated rings. The average molecular weight is 599 g/mol. The monoisotopic (exact) mass is 598 g/mol. The normalized spacial score (nSPS) is 11.4. The van der Waals surface area contributed by atoms with Gasteiger partial charge < -0.3 is 9.40 Å². The number of ketones is 2. The van der Waals surface area contributed by atoms with Crippen molar-refractivity contribution >= 4 is 45.1 Å². The van der Waals surface area contributed by atoms with Crippen molar-refractivity contribution in [2.75, 3.05) is 0 Å². The third-order valence-corrected chi connectivity index (χ3v) is 7.83. The Labute approximate surface area is 264 Å². The molecule has 0 saturated carbocycles. The van der Waals surface area contributed by atoms with E-state index in [0.717, 1.165) is 27.5 Å². The fraction of sp³-hybridized carbons (Fsp3) is 0. The quantitative estimate of drug-likeness (QED) is 0.0761. The van der Waals surface area contributed by atoms with Gasteiger partial charge >= 0.3 is 5.97 Å². The number of oxime groups is 1. The summed E-state index contributed by atoms with van der Waals surface area (Å²) in [5, 5.41) is 5.87. The van der Waals surface area contributed by atoms with Gasteiger partial charge in [-0.1, -0.05) is 114 Å². The SMILES string of the molecule is O=C(ON=C(C(=O)c1ccc2c(c1)c1ccccc1n2-c1cccc(C(=O)c2ccccc2)c1)c1ccccc1)c1ccccc1. The molecule has 0 aliphatic heterocycles. The van der Waals surface area contributed by atoms with Gasteiger partial charge in [0.1, 0.15) is 0 Å². The van der Waals surface area contributed by atoms with Crippen LogP contribution in [0.15, 0.2) is 163 Å². The number of carbonyl (C=O) groups is 3. The van der Waals surface area contributed by atoms with Gasteiger partial charge in [0.2, 0.25) is 5.78 Å². The Morgan fingerprint density at radius 3 is 1.78 bits per heavy atom. The maximum atomic E-state index is 14.0. The highest BCUT2D eigenvalue weighted by molar-refractivity contribution is 6.51. The Hall–Kier alpha value is -6.40. The van der Waals surface area contributed by atoms with E-state index in [1.807, 2.05) is 97.1 Å². The molecule has 7 rings (SSSR count). The zero-order chi connectivity index (χ0) is 31.5. The van der Waals surface area contributed by atoms with Gasteiger partial charge in [-0.2, -0.15) is 0 Å². The van der Waals surface area contributed by atoms with Crippen molar-refractivity contribution in [2.45, 2.75) is 0 Å². The lowest BCUT2D eigenvalue weighted by Crippen LogP contribution is -2.17. The summed E-state index contributed by atoms with van der Waals surface area (Å²) in [6.45, 7) is 0. The first kappa shape index (κ1) is 28.4. The van der Waals surface area contributed by atoms with Gasteiger partial charge in [-0.15, -0.1) is 0 Å². The summed E-state index contributed by atoms with van der Waals surface area (Å²) in [7, 11) is 0. The standard InChI is InChI=1S/C40H26N2O4/c43-38(28-15-6-2-7-16-28)30-19-12-20-32(25-30)42-35-22-11-10-21-33(35)34-26-31(23-24-36(34)42)39(44)37(27-13-4-1-5-14-27)41-46-40(45)29-17-8-3-9-18-29/h1-26H. The van der Waals surface area contributed by atoms with Crippen LogP contribution in [0.1, 0.15) is 42.2 Å². The number of hydrogen-bond donors (Lipinski definition) is 0. The second-order valence-electron chi connectivity index (χ2n) is 10.7. The van der Waals surface area contributed by atoms with Crippen LogP contribution in [0.4, 0.5) is 0 Å². The second kappa shape index (κ2) is 12.3. The Balaban J connectivity index is 1.30. The molecule has 0 bridgehead atoms. The maximum absolute atomic E-state index is 14.0. The van der Waals surface area contributed by atoms with Crippen LogP contribution in [0, 0.1) is 0 Å². The third kappa shape index (κ3) is 5.40. The van der Waals surface area contributed by atoms with Crippen LogP contribution in [0.2, 0.25) is 0 Å². The number of Topliss-reactive ketones (excluding diaryl/α,β-unsaturated/α-hetero) is 1. The molecule has 0 aliphatic rings. The fourth-order valence-electron chi connectivity index (χ4n) is 5.61. The molecule has 0 aliphatic carbocycles. The van der Waals surface area contributed by atoms with Crippen molar-refractivity contribution in [1.29, 1.82) is 0 Å². The summed E-state index contributed by atoms with van der Waals surface area (Å²) in [5.74, 6) is -1.11. The van der Waals surface area contributed by atoms with Crippen molar-refractivity contribution < 1.29 is 19.2 Å². The molecule has 7 aromatic rings. The molecule has 6 aromatic carbocycles. The molecular formula is C40H26N2O4. The first-order valence-electron chi connectivity index (χ1n) is 14.8. The number of carbonyl (C=O) groups excluding carboxylic acids is 3. The molecule has 0 saturated heterocycles. The zero-order valence-corrected chi connectivity index (χ0v) is 24.5. The lowest BCUT2D eigenvalue weighted by molar-refractivity contribution is 0.0516. The topological polar surface area (TPSA) is 77.7 Å². The van der Waals surface area contributed by atoms with E-state index in [4.69, 9.17) is 4.84 Å². The van der Waals surface area contributed by atoms with Crippen LogP contribution in [0.5, 0.6) is 0 Å². The molecule has 1 aromatic heterocycles. The van der Waals surface area contributed by atoms with Gasteiger partial charge in [0.25, 0.3) is 0 Å². The van der Waals surface area contributed by atoms with E-state index in [-0.39, 0.29) is 17.3 Å². The molecule has 46 heavy (non-hydrogen) atoms. The van der Waals surface area contributed by atoms with E-state index in [0.29, 0.717) is 27.8 Å². The average Bonchev–Trinajstić information content (AvgIpc) is 3.46. The Morgan fingerprint density at radius 2 is 1.07 bits per heavy atom. The van der Waals surface area contributed by atoms with Crippen LogP contribution in [0.25, 0.3) is 27.5 Å². The summed E-state index contributed by atoms with van der Waals surface area (Å²) in [6, 6.07) is 47.6. The van der Waals surface area contributed by atoms with Crippen molar-refractivity contribution in [1.82, 2.24) is 4.57 Å². The highest BCUT2D eigenvalue weighted by atomic mass is 16.7. The number of hydrogen-bond acceptors (Lipinski definition) is 5. The van der Waals surface area contributed by atoms with E-state index in [1.165, 1.54) is 0 Å². The highest BCUT2D eigenvalue weighted by Crippen LogP contribution is 2.33. The van der Waals surface area contributed by atoms with Crippen LogP contribution in [-0.4, -0.2) is 27.8 Å². The highest BCUT2D eigenvalue weighted by Gasteiger charge is 2.21. The molecule has 220 valence electrons. The molecule has 0 atom stereocenters.